The lowest BCUT2D eigenvalue weighted by Crippen LogP contribution is -2.68. The predicted molar refractivity (Wildman–Crippen MR) is 266 cm³/mol. The van der Waals surface area contributed by atoms with E-state index in [0.717, 1.165) is 24.8 Å². The molecule has 77 heavy (non-hydrogen) atoms. The van der Waals surface area contributed by atoms with Crippen molar-refractivity contribution in [3.05, 3.63) is 11.6 Å². The Balaban J connectivity index is 1.01. The predicted octanol–water partition coefficient (Wildman–Crippen LogP) is -2.20. The molecule has 0 radical (unpaired) electrons. The molecule has 4 aliphatic heterocycles. The van der Waals surface area contributed by atoms with Crippen LogP contribution in [0.2, 0.25) is 0 Å². The van der Waals surface area contributed by atoms with Crippen molar-refractivity contribution in [2.24, 2.45) is 45.3 Å². The summed E-state index contributed by atoms with van der Waals surface area (Å²) in [6.45, 7) is 14.6. The third-order valence-electron chi connectivity index (χ3n) is 20.9. The molecule has 4 heterocycles. The van der Waals surface area contributed by atoms with Crippen LogP contribution in [0.1, 0.15) is 113 Å². The quantitative estimate of drug-likeness (QED) is 0.0576. The number of aliphatic hydroxyl groups excluding tert-OH is 15. The van der Waals surface area contributed by atoms with Crippen molar-refractivity contribution in [3.8, 4) is 0 Å². The standard InChI is InChI=1S/C54H92O23/c1-23(2)10-9-14-54(8,77-48-44(69)40(65)37(62)29(74-48)22-70-46-42(67)38(63)34(59)26(19-55)71-46)24-11-16-53(7)33(24)25(58)18-31-51(5)15-13-32(50(3,4)30(51)12-17-52(31,53)6)75-49-45(41(66)36(61)28(21-57)73-49)76-47-43(68)39(64)35(60)27(20-56)72-47/h10,24-49,55-69H,9,11-22H2,1-8H3/t24?,25?,26?,27?,28?,29?,30-,31+,32?,33?,34?,35?,36?,37?,38?,39?,40+,41?,42?,43?,44?,45?,46?,47?,48?,49?,51?,52?,53+,54-/m0/s1. The van der Waals surface area contributed by atoms with Crippen LogP contribution in [-0.4, -0.2) is 244 Å². The van der Waals surface area contributed by atoms with Gasteiger partial charge in [0.25, 0.3) is 0 Å². The van der Waals surface area contributed by atoms with E-state index in [0.29, 0.717) is 38.5 Å². The monoisotopic (exact) mass is 1110 g/mol. The highest BCUT2D eigenvalue weighted by Gasteiger charge is 2.72. The smallest absolute Gasteiger partial charge is 0.187 e. The first-order valence-electron chi connectivity index (χ1n) is 27.9. The Bertz CT molecular complexity index is 1990. The highest BCUT2D eigenvalue weighted by molar-refractivity contribution is 5.20. The van der Waals surface area contributed by atoms with Crippen molar-refractivity contribution in [2.45, 2.75) is 254 Å². The van der Waals surface area contributed by atoms with E-state index in [1.807, 2.05) is 20.8 Å². The number of rotatable bonds is 16. The molecule has 8 fully saturated rings. The molecule has 30 atom stereocenters. The number of aliphatic hydroxyl groups is 15. The first-order chi connectivity index (χ1) is 36.0. The Hall–Kier alpha value is -1.18. The summed E-state index contributed by atoms with van der Waals surface area (Å²) in [7, 11) is 0. The second-order valence-electron chi connectivity index (χ2n) is 25.7. The maximum absolute atomic E-state index is 12.8. The van der Waals surface area contributed by atoms with Crippen molar-refractivity contribution in [3.63, 3.8) is 0 Å². The zero-order valence-corrected chi connectivity index (χ0v) is 45.8. The first-order valence-corrected chi connectivity index (χ1v) is 27.9. The summed E-state index contributed by atoms with van der Waals surface area (Å²) in [4.78, 5) is 0. The van der Waals surface area contributed by atoms with E-state index in [1.165, 1.54) is 0 Å². The van der Waals surface area contributed by atoms with Crippen LogP contribution >= 0.6 is 0 Å². The van der Waals surface area contributed by atoms with E-state index < -0.39 is 178 Å². The van der Waals surface area contributed by atoms with Gasteiger partial charge in [-0.3, -0.25) is 0 Å². The molecule has 0 aromatic heterocycles. The van der Waals surface area contributed by atoms with Gasteiger partial charge in [-0.05, 0) is 124 Å². The minimum absolute atomic E-state index is 0.0374. The van der Waals surface area contributed by atoms with Gasteiger partial charge in [0.1, 0.15) is 97.7 Å². The normalized spacial score (nSPS) is 52.7. The Morgan fingerprint density at radius 2 is 1.05 bits per heavy atom. The molecule has 15 N–H and O–H groups in total. The van der Waals surface area contributed by atoms with Gasteiger partial charge >= 0.3 is 0 Å². The molecular weight excluding hydrogens is 1020 g/mol. The molecule has 25 unspecified atom stereocenters. The Kier molecular flexibility index (Phi) is 18.9. The van der Waals surface area contributed by atoms with Gasteiger partial charge in [0.2, 0.25) is 0 Å². The molecule has 8 rings (SSSR count). The first kappa shape index (κ1) is 61.9. The van der Waals surface area contributed by atoms with Crippen LogP contribution in [0.25, 0.3) is 0 Å². The number of hydrogen-bond acceptors (Lipinski definition) is 23. The molecule has 446 valence electrons. The van der Waals surface area contributed by atoms with Crippen molar-refractivity contribution in [1.29, 1.82) is 0 Å². The van der Waals surface area contributed by atoms with E-state index in [4.69, 9.17) is 37.9 Å². The van der Waals surface area contributed by atoms with Crippen molar-refractivity contribution in [1.82, 2.24) is 0 Å². The second kappa shape index (κ2) is 23.5. The van der Waals surface area contributed by atoms with Gasteiger partial charge in [0.15, 0.2) is 25.2 Å². The fourth-order valence-electron chi connectivity index (χ4n) is 16.3. The molecule has 4 saturated heterocycles. The molecule has 0 bridgehead atoms. The highest BCUT2D eigenvalue weighted by Crippen LogP contribution is 2.76. The van der Waals surface area contributed by atoms with Crippen molar-refractivity contribution in [2.75, 3.05) is 26.4 Å². The summed E-state index contributed by atoms with van der Waals surface area (Å²) in [6, 6.07) is 0. The van der Waals surface area contributed by atoms with Crippen LogP contribution in [0.5, 0.6) is 0 Å². The van der Waals surface area contributed by atoms with E-state index in [1.54, 1.807) is 0 Å². The summed E-state index contributed by atoms with van der Waals surface area (Å²) in [6.07, 6.45) is -25.2. The third-order valence-corrected chi connectivity index (χ3v) is 20.9. The largest absolute Gasteiger partial charge is 0.394 e. The molecule has 8 aliphatic rings. The number of hydrogen-bond donors (Lipinski definition) is 15. The molecule has 0 aromatic rings. The lowest BCUT2D eigenvalue weighted by atomic mass is 9.35. The SMILES string of the molecule is CC(C)=CCC[C@](C)(OC1OC(COC2OC(CO)C(O)C(O)C2O)C(O)[C@@H](O)C1O)C1CC[C@]2(C)C1C(O)C[C@@H]1C3(C)CCC(OC4OC(CO)C(O)C(O)C4OC4OC(CO)C(O)C(O)C4O)C(C)(C)[C@@H]3CCC12C. The van der Waals surface area contributed by atoms with Gasteiger partial charge in [-0.25, -0.2) is 0 Å². The summed E-state index contributed by atoms with van der Waals surface area (Å²) < 4.78 is 48.9. The van der Waals surface area contributed by atoms with Gasteiger partial charge in [-0.2, -0.15) is 0 Å². The van der Waals surface area contributed by atoms with E-state index in [9.17, 15) is 76.6 Å². The fraction of sp³-hybridized carbons (Fsp3) is 0.963. The van der Waals surface area contributed by atoms with Gasteiger partial charge in [-0.1, -0.05) is 46.3 Å². The molecule has 0 spiro atoms. The minimum atomic E-state index is -1.82. The summed E-state index contributed by atoms with van der Waals surface area (Å²) >= 11 is 0. The van der Waals surface area contributed by atoms with Crippen LogP contribution in [0, 0.1) is 45.3 Å². The summed E-state index contributed by atoms with van der Waals surface area (Å²) in [5.74, 6) is -0.475. The average Bonchev–Trinajstić information content (AvgIpc) is 3.96. The molecule has 0 amide bonds. The number of ether oxygens (including phenoxy) is 8. The molecular formula is C54H92O23. The fourth-order valence-corrected chi connectivity index (χ4v) is 16.3. The minimum Gasteiger partial charge on any atom is -0.394 e. The maximum Gasteiger partial charge on any atom is 0.187 e. The molecule has 23 nitrogen and oxygen atoms in total. The van der Waals surface area contributed by atoms with E-state index in [-0.39, 0.29) is 34.5 Å². The van der Waals surface area contributed by atoms with Gasteiger partial charge in [0, 0.05) is 0 Å². The number of allylic oxidation sites excluding steroid dienone is 2. The van der Waals surface area contributed by atoms with Crippen molar-refractivity contribution < 1.29 is 114 Å². The van der Waals surface area contributed by atoms with Crippen LogP contribution in [0.4, 0.5) is 0 Å². The molecule has 4 saturated carbocycles. The zero-order chi connectivity index (χ0) is 56.6. The highest BCUT2D eigenvalue weighted by atomic mass is 16.8. The lowest BCUT2D eigenvalue weighted by molar-refractivity contribution is -0.378. The topological polar surface area (TPSA) is 377 Å². The maximum atomic E-state index is 12.8. The van der Waals surface area contributed by atoms with E-state index >= 15 is 0 Å². The average molecular weight is 1110 g/mol. The lowest BCUT2D eigenvalue weighted by Gasteiger charge is -2.71. The van der Waals surface area contributed by atoms with Gasteiger partial charge < -0.3 is 114 Å². The Labute approximate surface area is 450 Å². The molecule has 23 heteroatoms. The second-order valence-corrected chi connectivity index (χ2v) is 25.7. The van der Waals surface area contributed by atoms with Crippen LogP contribution < -0.4 is 0 Å². The van der Waals surface area contributed by atoms with E-state index in [2.05, 4.69) is 40.7 Å². The summed E-state index contributed by atoms with van der Waals surface area (Å²) in [5, 5.41) is 162. The third kappa shape index (κ3) is 10.9. The van der Waals surface area contributed by atoms with Gasteiger partial charge in [0.05, 0.1) is 44.2 Å². The number of fused-ring (bicyclic) bond motifs is 5. The molecule has 0 aromatic carbocycles. The van der Waals surface area contributed by atoms with Crippen LogP contribution in [0.15, 0.2) is 11.6 Å². The van der Waals surface area contributed by atoms with Crippen LogP contribution in [-0.2, 0) is 37.9 Å². The Morgan fingerprint density at radius 1 is 0.545 bits per heavy atom. The van der Waals surface area contributed by atoms with Crippen LogP contribution in [0.3, 0.4) is 0 Å². The van der Waals surface area contributed by atoms with Crippen molar-refractivity contribution >= 4 is 0 Å². The molecule has 4 aliphatic carbocycles. The zero-order valence-electron chi connectivity index (χ0n) is 45.8. The Morgan fingerprint density at radius 3 is 1.64 bits per heavy atom. The summed E-state index contributed by atoms with van der Waals surface area (Å²) in [5.41, 5.74) is -1.59. The van der Waals surface area contributed by atoms with Gasteiger partial charge in [-0.15, -0.1) is 0 Å².